The van der Waals surface area contributed by atoms with Crippen LogP contribution in [0.3, 0.4) is 0 Å². The van der Waals surface area contributed by atoms with Gasteiger partial charge in [-0.25, -0.2) is 0 Å². The van der Waals surface area contributed by atoms with Gasteiger partial charge in [0.25, 0.3) is 11.8 Å². The fraction of sp³-hybridized carbons (Fsp3) is 0.364. The molecule has 2 aliphatic heterocycles. The molecule has 0 bridgehead atoms. The van der Waals surface area contributed by atoms with Crippen molar-refractivity contribution < 1.29 is 27.5 Å². The van der Waals surface area contributed by atoms with Gasteiger partial charge in [-0.2, -0.15) is 0 Å². The lowest BCUT2D eigenvalue weighted by Crippen LogP contribution is -2.53. The Morgan fingerprint density at radius 2 is 1.94 bits per heavy atom. The minimum atomic E-state index is -4.82. The van der Waals surface area contributed by atoms with Crippen LogP contribution in [0.25, 0.3) is 0 Å². The van der Waals surface area contributed by atoms with Crippen LogP contribution in [0.4, 0.5) is 24.5 Å². The highest BCUT2D eigenvalue weighted by Crippen LogP contribution is 2.34. The number of carbonyl (C=O) groups excluding carboxylic acids is 2. The van der Waals surface area contributed by atoms with Crippen molar-refractivity contribution in [1.29, 1.82) is 0 Å². The minimum absolute atomic E-state index is 0.0380. The molecule has 2 aromatic carbocycles. The second kappa shape index (κ2) is 8.13. The van der Waals surface area contributed by atoms with Crippen molar-refractivity contribution in [2.24, 2.45) is 0 Å². The molecular formula is C22H22F3N3O3. The Morgan fingerprint density at radius 1 is 1.13 bits per heavy atom. The maximum absolute atomic E-state index is 13.0. The molecule has 0 unspecified atom stereocenters. The van der Waals surface area contributed by atoms with Gasteiger partial charge in [0.2, 0.25) is 0 Å². The number of fused-ring (bicyclic) bond motifs is 2. The molecule has 0 radical (unpaired) electrons. The zero-order valence-electron chi connectivity index (χ0n) is 16.9. The summed E-state index contributed by atoms with van der Waals surface area (Å²) in [6.45, 7) is 0.714. The topological polar surface area (TPSA) is 61.9 Å². The van der Waals surface area contributed by atoms with Gasteiger partial charge in [0.15, 0.2) is 0 Å². The molecule has 2 aromatic rings. The van der Waals surface area contributed by atoms with Gasteiger partial charge in [0, 0.05) is 30.9 Å². The van der Waals surface area contributed by atoms with Crippen LogP contribution in [0.2, 0.25) is 0 Å². The van der Waals surface area contributed by atoms with Crippen molar-refractivity contribution in [2.45, 2.75) is 38.2 Å². The van der Waals surface area contributed by atoms with Crippen LogP contribution in [-0.4, -0.2) is 42.8 Å². The van der Waals surface area contributed by atoms with Crippen molar-refractivity contribution in [3.05, 3.63) is 53.6 Å². The van der Waals surface area contributed by atoms with Crippen molar-refractivity contribution in [1.82, 2.24) is 4.90 Å². The Balaban J connectivity index is 1.56. The Labute approximate surface area is 177 Å². The van der Waals surface area contributed by atoms with Crippen LogP contribution in [-0.2, 0) is 0 Å². The Morgan fingerprint density at radius 3 is 2.71 bits per heavy atom. The van der Waals surface area contributed by atoms with Crippen LogP contribution in [0.5, 0.6) is 5.75 Å². The lowest BCUT2D eigenvalue weighted by molar-refractivity contribution is -0.274. The number of amides is 2. The first kappa shape index (κ1) is 21.0. The van der Waals surface area contributed by atoms with Gasteiger partial charge in [0.1, 0.15) is 11.9 Å². The van der Waals surface area contributed by atoms with E-state index in [4.69, 9.17) is 0 Å². The van der Waals surface area contributed by atoms with E-state index < -0.39 is 18.0 Å². The quantitative estimate of drug-likeness (QED) is 0.767. The molecule has 4 rings (SSSR count). The van der Waals surface area contributed by atoms with Crippen LogP contribution in [0.15, 0.2) is 42.5 Å². The van der Waals surface area contributed by atoms with E-state index in [-0.39, 0.29) is 17.8 Å². The fourth-order valence-electron chi connectivity index (χ4n) is 4.17. The Kier molecular flexibility index (Phi) is 5.51. The number of anilines is 2. The first-order valence-corrected chi connectivity index (χ1v) is 10.1. The molecule has 164 valence electrons. The van der Waals surface area contributed by atoms with E-state index in [0.29, 0.717) is 23.4 Å². The third-order valence-corrected chi connectivity index (χ3v) is 5.62. The number of hydrogen-bond donors (Lipinski definition) is 1. The maximum Gasteiger partial charge on any atom is 0.573 e. The minimum Gasteiger partial charge on any atom is -0.406 e. The number of halogens is 3. The number of alkyl halides is 3. The summed E-state index contributed by atoms with van der Waals surface area (Å²) in [5.41, 5.74) is 1.69. The average molecular weight is 433 g/mol. The van der Waals surface area contributed by atoms with Crippen molar-refractivity contribution >= 4 is 23.2 Å². The smallest absolute Gasteiger partial charge is 0.406 e. The molecular weight excluding hydrogens is 411 g/mol. The van der Waals surface area contributed by atoms with Gasteiger partial charge >= 0.3 is 6.36 Å². The average Bonchev–Trinajstić information content (AvgIpc) is 2.97. The zero-order chi connectivity index (χ0) is 22.2. The molecule has 31 heavy (non-hydrogen) atoms. The number of carbonyl (C=O) groups is 2. The molecule has 1 saturated heterocycles. The number of benzene rings is 2. The predicted molar refractivity (Wildman–Crippen MR) is 109 cm³/mol. The zero-order valence-corrected chi connectivity index (χ0v) is 16.9. The van der Waals surface area contributed by atoms with E-state index in [2.05, 4.69) is 10.1 Å². The van der Waals surface area contributed by atoms with E-state index in [9.17, 15) is 22.8 Å². The largest absolute Gasteiger partial charge is 0.573 e. The van der Waals surface area contributed by atoms with Crippen LogP contribution < -0.4 is 15.0 Å². The van der Waals surface area contributed by atoms with Crippen molar-refractivity contribution in [3.8, 4) is 5.75 Å². The second-order valence-corrected chi connectivity index (χ2v) is 7.70. The highest BCUT2D eigenvalue weighted by molar-refractivity contribution is 6.08. The van der Waals surface area contributed by atoms with Gasteiger partial charge in [-0.1, -0.05) is 12.5 Å². The summed E-state index contributed by atoms with van der Waals surface area (Å²) in [5.74, 6) is -0.949. The SMILES string of the molecule is CN1c2cc(C(=O)Nc3cccc(OC(F)(F)F)c3)ccc2C(=O)N2CCCCC[C@@H]21. The van der Waals surface area contributed by atoms with Gasteiger partial charge < -0.3 is 19.9 Å². The van der Waals surface area contributed by atoms with E-state index >= 15 is 0 Å². The molecule has 0 aromatic heterocycles. The first-order valence-electron chi connectivity index (χ1n) is 10.1. The van der Waals surface area contributed by atoms with Crippen LogP contribution in [0.1, 0.15) is 46.4 Å². The maximum atomic E-state index is 13.0. The molecule has 0 saturated carbocycles. The summed E-state index contributed by atoms with van der Waals surface area (Å²) in [7, 11) is 1.91. The molecule has 9 heteroatoms. The number of ether oxygens (including phenoxy) is 1. The number of nitrogens with zero attached hydrogens (tertiary/aromatic N) is 2. The standard InChI is InChI=1S/C22H22F3N3O3/c1-27-18-12-14(9-10-17(18)21(30)28-11-4-2-3-8-19(27)28)20(29)26-15-6-5-7-16(13-15)31-22(23,24)25/h5-7,9-10,12-13,19H,2-4,8,11H2,1H3,(H,26,29)/t19-/m1/s1. The van der Waals surface area contributed by atoms with Crippen molar-refractivity contribution in [3.63, 3.8) is 0 Å². The van der Waals surface area contributed by atoms with E-state index in [0.717, 1.165) is 37.8 Å². The predicted octanol–water partition coefficient (Wildman–Crippen LogP) is 4.63. The number of hydrogen-bond acceptors (Lipinski definition) is 4. The van der Waals surface area contributed by atoms with Gasteiger partial charge in [-0.3, -0.25) is 9.59 Å². The van der Waals surface area contributed by atoms with Gasteiger partial charge in [-0.15, -0.1) is 13.2 Å². The normalized spacial score (nSPS) is 18.7. The number of nitrogens with one attached hydrogen (secondary N) is 1. The second-order valence-electron chi connectivity index (χ2n) is 7.70. The summed E-state index contributed by atoms with van der Waals surface area (Å²) >= 11 is 0. The summed E-state index contributed by atoms with van der Waals surface area (Å²) in [6, 6.07) is 9.92. The third kappa shape index (κ3) is 4.45. The Bertz CT molecular complexity index is 1010. The summed E-state index contributed by atoms with van der Waals surface area (Å²) < 4.78 is 41.2. The summed E-state index contributed by atoms with van der Waals surface area (Å²) in [4.78, 5) is 29.6. The molecule has 2 amide bonds. The molecule has 6 nitrogen and oxygen atoms in total. The van der Waals surface area contributed by atoms with Gasteiger partial charge in [0.05, 0.1) is 11.3 Å². The van der Waals surface area contributed by atoms with E-state index in [1.807, 2.05) is 16.8 Å². The van der Waals surface area contributed by atoms with E-state index in [1.165, 1.54) is 12.1 Å². The lowest BCUT2D eigenvalue weighted by Gasteiger charge is -2.43. The molecule has 1 atom stereocenters. The highest BCUT2D eigenvalue weighted by atomic mass is 19.4. The van der Waals surface area contributed by atoms with Gasteiger partial charge in [-0.05, 0) is 49.6 Å². The molecule has 2 aliphatic rings. The first-order chi connectivity index (χ1) is 14.7. The van der Waals surface area contributed by atoms with Crippen LogP contribution in [0, 0.1) is 0 Å². The third-order valence-electron chi connectivity index (χ3n) is 5.62. The highest BCUT2D eigenvalue weighted by Gasteiger charge is 2.36. The fourth-order valence-corrected chi connectivity index (χ4v) is 4.17. The molecule has 1 fully saturated rings. The Hall–Kier alpha value is -3.23. The van der Waals surface area contributed by atoms with Crippen molar-refractivity contribution in [2.75, 3.05) is 23.8 Å². The lowest BCUT2D eigenvalue weighted by atomic mass is 10.0. The molecule has 1 N–H and O–H groups in total. The summed E-state index contributed by atoms with van der Waals surface area (Å²) in [5, 5.41) is 2.58. The van der Waals surface area contributed by atoms with Crippen LogP contribution >= 0.6 is 0 Å². The molecule has 0 aliphatic carbocycles. The monoisotopic (exact) mass is 433 g/mol. The number of rotatable bonds is 3. The van der Waals surface area contributed by atoms with E-state index in [1.54, 1.807) is 18.2 Å². The summed E-state index contributed by atoms with van der Waals surface area (Å²) in [6.07, 6.45) is -0.908. The molecule has 0 spiro atoms. The molecule has 2 heterocycles.